The van der Waals surface area contributed by atoms with Gasteiger partial charge in [0.25, 0.3) is 5.91 Å². The Balaban J connectivity index is 0.00000432. The largest absolute Gasteiger partial charge is 0.485 e. The summed E-state index contributed by atoms with van der Waals surface area (Å²) in [5, 5.41) is 2.80. The Hall–Kier alpha value is -3.49. The third-order valence-corrected chi connectivity index (χ3v) is 4.91. The van der Waals surface area contributed by atoms with E-state index >= 15 is 0 Å². The molecule has 190 valence electrons. The van der Waals surface area contributed by atoms with Crippen LogP contribution in [0.3, 0.4) is 0 Å². The molecule has 0 saturated heterocycles. The first-order valence-corrected chi connectivity index (χ1v) is 11.0. The zero-order chi connectivity index (χ0) is 25.0. The first-order valence-electron chi connectivity index (χ1n) is 11.0. The van der Waals surface area contributed by atoms with E-state index in [1.165, 1.54) is 18.2 Å². The van der Waals surface area contributed by atoms with Gasteiger partial charge in [-0.05, 0) is 64.8 Å². The predicted octanol–water partition coefficient (Wildman–Crippen LogP) is 5.30. The van der Waals surface area contributed by atoms with Crippen LogP contribution in [0.25, 0.3) is 5.65 Å². The van der Waals surface area contributed by atoms with Gasteiger partial charge in [0, 0.05) is 19.2 Å². The number of aromatic nitrogens is 2. The minimum Gasteiger partial charge on any atom is -0.485 e. The average Bonchev–Trinajstić information content (AvgIpc) is 3.05. The van der Waals surface area contributed by atoms with Gasteiger partial charge in [0.05, 0.1) is 11.3 Å². The van der Waals surface area contributed by atoms with Crippen molar-refractivity contribution in [2.45, 2.75) is 67.1 Å². The molecule has 2 aromatic heterocycles. The number of ether oxygens (including phenoxy) is 2. The maximum atomic E-state index is 14.0. The fraction of sp³-hybridized carbons (Fsp3) is 0.423. The number of nitrogens with one attached hydrogen (secondary N) is 1. The van der Waals surface area contributed by atoms with Gasteiger partial charge in [-0.25, -0.2) is 13.8 Å². The normalized spacial score (nSPS) is 11.2. The molecule has 1 N–H and O–H groups in total. The Morgan fingerprint density at radius 1 is 1.14 bits per heavy atom. The number of hydrogen-bond acceptors (Lipinski definition) is 5. The monoisotopic (exact) mass is 489 g/mol. The van der Waals surface area contributed by atoms with Gasteiger partial charge >= 0.3 is 5.97 Å². The fourth-order valence-electron chi connectivity index (χ4n) is 3.47. The lowest BCUT2D eigenvalue weighted by molar-refractivity contribution is -0.154. The van der Waals surface area contributed by atoms with E-state index in [-0.39, 0.29) is 44.4 Å². The summed E-state index contributed by atoms with van der Waals surface area (Å²) in [6, 6.07) is 5.31. The average molecular weight is 490 g/mol. The second-order valence-corrected chi connectivity index (χ2v) is 9.06. The van der Waals surface area contributed by atoms with E-state index in [1.807, 2.05) is 6.92 Å². The summed E-state index contributed by atoms with van der Waals surface area (Å²) in [4.78, 5) is 29.2. The number of carbonyl (C=O) groups is 2. The van der Waals surface area contributed by atoms with Crippen LogP contribution in [0, 0.1) is 25.5 Å². The predicted molar refractivity (Wildman–Crippen MR) is 129 cm³/mol. The molecule has 3 rings (SSSR count). The highest BCUT2D eigenvalue weighted by atomic mass is 19.1. The molecule has 1 aromatic carbocycles. The smallest absolute Gasteiger partial charge is 0.306 e. The molecule has 0 fully saturated rings. The SMILES string of the molecule is C.Cc1cc(OCc2c(F)cccc2F)c2nc(C)c(C(=O)NCCCC(=O)OC(C)(C)C)n2c1. The van der Waals surface area contributed by atoms with Crippen LogP contribution >= 0.6 is 0 Å². The number of aryl methyl sites for hydroxylation is 2. The molecule has 9 heteroatoms. The number of carbonyl (C=O) groups excluding carboxylic acids is 2. The molecule has 3 aromatic rings. The van der Waals surface area contributed by atoms with Gasteiger partial charge < -0.3 is 14.8 Å². The molecular weight excluding hydrogens is 456 g/mol. The molecule has 0 aliphatic heterocycles. The molecule has 7 nitrogen and oxygen atoms in total. The fourth-order valence-corrected chi connectivity index (χ4v) is 3.47. The van der Waals surface area contributed by atoms with Gasteiger partial charge in [0.2, 0.25) is 0 Å². The Morgan fingerprint density at radius 3 is 2.43 bits per heavy atom. The summed E-state index contributed by atoms with van der Waals surface area (Å²) in [5.41, 5.74) is 1.18. The van der Waals surface area contributed by atoms with Crippen molar-refractivity contribution in [3.05, 3.63) is 64.6 Å². The molecule has 0 bridgehead atoms. The van der Waals surface area contributed by atoms with Crippen LogP contribution in [0.5, 0.6) is 5.75 Å². The molecule has 0 aliphatic carbocycles. The first-order chi connectivity index (χ1) is 16.0. The Bertz CT molecular complexity index is 1200. The zero-order valence-electron chi connectivity index (χ0n) is 20.0. The third kappa shape index (κ3) is 7.00. The van der Waals surface area contributed by atoms with Crippen LogP contribution < -0.4 is 10.1 Å². The van der Waals surface area contributed by atoms with Crippen molar-refractivity contribution in [1.82, 2.24) is 14.7 Å². The summed E-state index contributed by atoms with van der Waals surface area (Å²) in [6.07, 6.45) is 2.35. The molecule has 0 atom stereocenters. The van der Waals surface area contributed by atoms with E-state index in [4.69, 9.17) is 9.47 Å². The van der Waals surface area contributed by atoms with Gasteiger partial charge in [-0.2, -0.15) is 0 Å². The molecular formula is C26H33F2N3O4. The van der Waals surface area contributed by atoms with E-state index in [2.05, 4.69) is 10.3 Å². The number of imidazole rings is 1. The number of esters is 1. The van der Waals surface area contributed by atoms with Crippen molar-refractivity contribution in [3.8, 4) is 5.75 Å². The van der Waals surface area contributed by atoms with Crippen molar-refractivity contribution in [2.24, 2.45) is 0 Å². The maximum absolute atomic E-state index is 14.0. The number of benzene rings is 1. The summed E-state index contributed by atoms with van der Waals surface area (Å²) >= 11 is 0. The molecule has 0 spiro atoms. The topological polar surface area (TPSA) is 81.9 Å². The first kappa shape index (κ1) is 27.8. The molecule has 2 heterocycles. The second-order valence-electron chi connectivity index (χ2n) is 9.06. The lowest BCUT2D eigenvalue weighted by atomic mass is 10.2. The van der Waals surface area contributed by atoms with Crippen LogP contribution in [-0.4, -0.2) is 33.4 Å². The van der Waals surface area contributed by atoms with Crippen LogP contribution in [0.4, 0.5) is 8.78 Å². The summed E-state index contributed by atoms with van der Waals surface area (Å²) in [6.45, 7) is 8.86. The Labute approximate surface area is 204 Å². The van der Waals surface area contributed by atoms with Gasteiger partial charge in [-0.1, -0.05) is 13.5 Å². The van der Waals surface area contributed by atoms with Crippen molar-refractivity contribution in [1.29, 1.82) is 0 Å². The van der Waals surface area contributed by atoms with E-state index < -0.39 is 17.2 Å². The number of rotatable bonds is 8. The van der Waals surface area contributed by atoms with Crippen molar-refractivity contribution < 1.29 is 27.8 Å². The van der Waals surface area contributed by atoms with Crippen LogP contribution in [0.2, 0.25) is 0 Å². The van der Waals surface area contributed by atoms with E-state index in [9.17, 15) is 18.4 Å². The van der Waals surface area contributed by atoms with Gasteiger partial charge in [0.15, 0.2) is 11.4 Å². The number of hydrogen-bond donors (Lipinski definition) is 1. The van der Waals surface area contributed by atoms with Crippen LogP contribution in [-0.2, 0) is 16.1 Å². The highest BCUT2D eigenvalue weighted by Gasteiger charge is 2.21. The summed E-state index contributed by atoms with van der Waals surface area (Å²) < 4.78 is 40.5. The molecule has 35 heavy (non-hydrogen) atoms. The standard InChI is InChI=1S/C25H29F2N3O4.CH4/c1-15-12-20(33-14-17-18(26)8-6-9-19(17)27)23-29-16(2)22(30(23)13-15)24(32)28-11-7-10-21(31)34-25(3,4)5;/h6,8-9,12-13H,7,10-11,14H2,1-5H3,(H,28,32);1H4. The van der Waals surface area contributed by atoms with Crippen molar-refractivity contribution in [3.63, 3.8) is 0 Å². The molecule has 0 saturated carbocycles. The summed E-state index contributed by atoms with van der Waals surface area (Å²) in [5.74, 6) is -1.78. The summed E-state index contributed by atoms with van der Waals surface area (Å²) in [7, 11) is 0. The van der Waals surface area contributed by atoms with Gasteiger partial charge in [-0.15, -0.1) is 0 Å². The Kier molecular flexibility index (Phi) is 8.95. The zero-order valence-corrected chi connectivity index (χ0v) is 20.0. The van der Waals surface area contributed by atoms with E-state index in [0.29, 0.717) is 29.2 Å². The molecule has 1 amide bonds. The van der Waals surface area contributed by atoms with E-state index in [0.717, 1.165) is 5.56 Å². The lowest BCUT2D eigenvalue weighted by Crippen LogP contribution is -2.28. The molecule has 0 radical (unpaired) electrons. The minimum absolute atomic E-state index is 0. The highest BCUT2D eigenvalue weighted by Crippen LogP contribution is 2.26. The van der Waals surface area contributed by atoms with E-state index in [1.54, 1.807) is 44.4 Å². The number of amides is 1. The third-order valence-electron chi connectivity index (χ3n) is 4.91. The van der Waals surface area contributed by atoms with Crippen LogP contribution in [0.1, 0.15) is 68.3 Å². The minimum atomic E-state index is -0.699. The van der Waals surface area contributed by atoms with Crippen molar-refractivity contribution >= 4 is 17.5 Å². The molecule has 0 unspecified atom stereocenters. The Morgan fingerprint density at radius 2 is 1.80 bits per heavy atom. The van der Waals surface area contributed by atoms with Crippen molar-refractivity contribution in [2.75, 3.05) is 6.54 Å². The second kappa shape index (κ2) is 11.3. The maximum Gasteiger partial charge on any atom is 0.306 e. The number of pyridine rings is 1. The van der Waals surface area contributed by atoms with Gasteiger partial charge in [0.1, 0.15) is 29.5 Å². The number of halogens is 2. The van der Waals surface area contributed by atoms with Crippen LogP contribution in [0.15, 0.2) is 30.5 Å². The molecule has 0 aliphatic rings. The number of fused-ring (bicyclic) bond motifs is 1. The lowest BCUT2D eigenvalue weighted by Gasteiger charge is -2.19. The van der Waals surface area contributed by atoms with Gasteiger partial charge in [-0.3, -0.25) is 14.0 Å². The number of nitrogens with zero attached hydrogens (tertiary/aromatic N) is 2. The quantitative estimate of drug-likeness (QED) is 0.343. The highest BCUT2D eigenvalue weighted by molar-refractivity contribution is 5.95.